The molecule has 1 aromatic carbocycles. The van der Waals surface area contributed by atoms with Crippen molar-refractivity contribution in [3.63, 3.8) is 0 Å². The van der Waals surface area contributed by atoms with E-state index < -0.39 is 0 Å². The Bertz CT molecular complexity index is 691. The van der Waals surface area contributed by atoms with Crippen LogP contribution in [0.5, 0.6) is 0 Å². The van der Waals surface area contributed by atoms with E-state index in [1.807, 2.05) is 56.0 Å². The highest BCUT2D eigenvalue weighted by atomic mass is 16.2. The zero-order valence-corrected chi connectivity index (χ0v) is 13.8. The maximum absolute atomic E-state index is 12.8. The number of rotatable bonds is 3. The van der Waals surface area contributed by atoms with Crippen LogP contribution in [0.4, 0.5) is 11.6 Å². The smallest absolute Gasteiger partial charge is 0.249 e. The summed E-state index contributed by atoms with van der Waals surface area (Å²) in [5.41, 5.74) is 3.95. The molecule has 120 valence electrons. The number of anilines is 2. The van der Waals surface area contributed by atoms with Crippen LogP contribution in [0.3, 0.4) is 0 Å². The van der Waals surface area contributed by atoms with Gasteiger partial charge in [0.1, 0.15) is 6.04 Å². The molecule has 0 aliphatic carbocycles. The van der Waals surface area contributed by atoms with Gasteiger partial charge in [0.2, 0.25) is 11.9 Å². The van der Waals surface area contributed by atoms with Gasteiger partial charge in [-0.3, -0.25) is 4.79 Å². The fraction of sp³-hybridized carbons (Fsp3) is 0.389. The van der Waals surface area contributed by atoms with Crippen molar-refractivity contribution >= 4 is 17.5 Å². The fourth-order valence-electron chi connectivity index (χ4n) is 2.94. The monoisotopic (exact) mass is 310 g/mol. The molecule has 1 amide bonds. The van der Waals surface area contributed by atoms with Crippen molar-refractivity contribution in [2.45, 2.75) is 39.7 Å². The van der Waals surface area contributed by atoms with Gasteiger partial charge < -0.3 is 10.2 Å². The Morgan fingerprint density at radius 3 is 2.39 bits per heavy atom. The quantitative estimate of drug-likeness (QED) is 0.947. The average molecular weight is 310 g/mol. The number of piperidine rings is 1. The van der Waals surface area contributed by atoms with Gasteiger partial charge in [-0.15, -0.1) is 0 Å². The molecule has 5 heteroatoms. The maximum Gasteiger partial charge on any atom is 0.249 e. The third-order valence-corrected chi connectivity index (χ3v) is 4.07. The first-order valence-electron chi connectivity index (χ1n) is 8.00. The molecule has 2 aromatic rings. The van der Waals surface area contributed by atoms with Crippen LogP contribution >= 0.6 is 0 Å². The molecule has 0 spiro atoms. The lowest BCUT2D eigenvalue weighted by Crippen LogP contribution is -2.48. The second-order valence-electron chi connectivity index (χ2n) is 6.14. The van der Waals surface area contributed by atoms with Crippen LogP contribution < -0.4 is 10.2 Å². The van der Waals surface area contributed by atoms with Crippen LogP contribution in [0.1, 0.15) is 29.8 Å². The van der Waals surface area contributed by atoms with Crippen LogP contribution in [0, 0.1) is 20.8 Å². The molecule has 1 fully saturated rings. The van der Waals surface area contributed by atoms with Gasteiger partial charge in [0.15, 0.2) is 0 Å². The number of nitrogens with one attached hydrogen (secondary N) is 1. The fourth-order valence-corrected chi connectivity index (χ4v) is 2.94. The van der Waals surface area contributed by atoms with Gasteiger partial charge in [-0.05, 0) is 51.8 Å². The minimum Gasteiger partial charge on any atom is -0.342 e. The summed E-state index contributed by atoms with van der Waals surface area (Å²) in [6.45, 7) is 6.67. The predicted molar refractivity (Wildman–Crippen MR) is 91.7 cm³/mol. The van der Waals surface area contributed by atoms with E-state index in [0.717, 1.165) is 36.5 Å². The second kappa shape index (κ2) is 6.36. The number of hydrogen-bond donors (Lipinski definition) is 1. The molecule has 3 rings (SSSR count). The first-order chi connectivity index (χ1) is 11.0. The van der Waals surface area contributed by atoms with Gasteiger partial charge in [0.05, 0.1) is 0 Å². The predicted octanol–water partition coefficient (Wildman–Crippen LogP) is 3.01. The van der Waals surface area contributed by atoms with E-state index in [9.17, 15) is 4.79 Å². The molecule has 2 heterocycles. The number of aromatic nitrogens is 2. The first kappa shape index (κ1) is 15.5. The van der Waals surface area contributed by atoms with Crippen LogP contribution in [-0.2, 0) is 4.79 Å². The maximum atomic E-state index is 12.8. The van der Waals surface area contributed by atoms with Crippen molar-refractivity contribution in [2.24, 2.45) is 0 Å². The molecule has 23 heavy (non-hydrogen) atoms. The Morgan fingerprint density at radius 2 is 1.74 bits per heavy atom. The highest BCUT2D eigenvalue weighted by molar-refractivity contribution is 5.99. The molecule has 0 bridgehead atoms. The highest BCUT2D eigenvalue weighted by Crippen LogP contribution is 2.23. The van der Waals surface area contributed by atoms with Crippen molar-refractivity contribution in [1.82, 2.24) is 9.97 Å². The van der Waals surface area contributed by atoms with Gasteiger partial charge in [-0.1, -0.05) is 17.7 Å². The summed E-state index contributed by atoms with van der Waals surface area (Å²) in [5, 5.41) is 3.21. The molecule has 1 N–H and O–H groups in total. The lowest BCUT2D eigenvalue weighted by molar-refractivity contribution is -0.120. The van der Waals surface area contributed by atoms with Crippen molar-refractivity contribution < 1.29 is 4.79 Å². The summed E-state index contributed by atoms with van der Waals surface area (Å²) in [6.07, 6.45) is 1.76. The average Bonchev–Trinajstić information content (AvgIpc) is 2.49. The Labute approximate surface area is 136 Å². The van der Waals surface area contributed by atoms with Crippen LogP contribution in [0.25, 0.3) is 0 Å². The van der Waals surface area contributed by atoms with Crippen molar-refractivity contribution in [1.29, 1.82) is 0 Å². The zero-order valence-electron chi connectivity index (χ0n) is 13.8. The van der Waals surface area contributed by atoms with Gasteiger partial charge in [0, 0.05) is 23.6 Å². The summed E-state index contributed by atoms with van der Waals surface area (Å²) in [4.78, 5) is 23.4. The minimum absolute atomic E-state index is 0.0860. The topological polar surface area (TPSA) is 58.1 Å². The SMILES string of the molecule is Cc1ccc(N2CCCC(Nc3nc(C)cc(C)n3)C2=O)cc1. The molecule has 1 unspecified atom stereocenters. The van der Waals surface area contributed by atoms with Crippen LogP contribution in [0.15, 0.2) is 30.3 Å². The Morgan fingerprint density at radius 1 is 1.09 bits per heavy atom. The standard InChI is InChI=1S/C18H22N4O/c1-12-6-8-15(9-7-12)22-10-4-5-16(17(22)23)21-18-19-13(2)11-14(3)20-18/h6-9,11,16H,4-5,10H2,1-3H3,(H,19,20,21). The molecular formula is C18H22N4O. The third kappa shape index (κ3) is 3.50. The molecule has 1 saturated heterocycles. The van der Waals surface area contributed by atoms with E-state index >= 15 is 0 Å². The Hall–Kier alpha value is -2.43. The zero-order chi connectivity index (χ0) is 16.4. The molecule has 5 nitrogen and oxygen atoms in total. The van der Waals surface area contributed by atoms with Gasteiger partial charge in [-0.25, -0.2) is 9.97 Å². The lowest BCUT2D eigenvalue weighted by atomic mass is 10.0. The van der Waals surface area contributed by atoms with Gasteiger partial charge in [-0.2, -0.15) is 0 Å². The summed E-state index contributed by atoms with van der Waals surface area (Å²) in [6, 6.07) is 9.73. The summed E-state index contributed by atoms with van der Waals surface area (Å²) in [7, 11) is 0. The lowest BCUT2D eigenvalue weighted by Gasteiger charge is -2.32. The van der Waals surface area contributed by atoms with Gasteiger partial charge in [0.25, 0.3) is 0 Å². The van der Waals surface area contributed by atoms with Gasteiger partial charge >= 0.3 is 0 Å². The second-order valence-corrected chi connectivity index (χ2v) is 6.14. The summed E-state index contributed by atoms with van der Waals surface area (Å²) in [5.74, 6) is 0.620. The van der Waals surface area contributed by atoms with Crippen molar-refractivity contribution in [3.05, 3.63) is 47.3 Å². The van der Waals surface area contributed by atoms with Crippen LogP contribution in [-0.4, -0.2) is 28.5 Å². The van der Waals surface area contributed by atoms with Crippen molar-refractivity contribution in [2.75, 3.05) is 16.8 Å². The van der Waals surface area contributed by atoms with E-state index in [4.69, 9.17) is 0 Å². The molecule has 1 aliphatic heterocycles. The normalized spacial score (nSPS) is 18.1. The number of hydrogen-bond acceptors (Lipinski definition) is 4. The molecule has 1 aliphatic rings. The van der Waals surface area contributed by atoms with E-state index in [-0.39, 0.29) is 11.9 Å². The number of carbonyl (C=O) groups is 1. The first-order valence-corrected chi connectivity index (χ1v) is 8.00. The third-order valence-electron chi connectivity index (χ3n) is 4.07. The highest BCUT2D eigenvalue weighted by Gasteiger charge is 2.30. The van der Waals surface area contributed by atoms with E-state index in [1.165, 1.54) is 5.56 Å². The van der Waals surface area contributed by atoms with Crippen LogP contribution in [0.2, 0.25) is 0 Å². The summed E-state index contributed by atoms with van der Waals surface area (Å²) >= 11 is 0. The van der Waals surface area contributed by atoms with E-state index in [1.54, 1.807) is 0 Å². The minimum atomic E-state index is -0.272. The molecular weight excluding hydrogens is 288 g/mol. The Kier molecular flexibility index (Phi) is 4.28. The summed E-state index contributed by atoms with van der Waals surface area (Å²) < 4.78 is 0. The number of benzene rings is 1. The largest absolute Gasteiger partial charge is 0.342 e. The number of nitrogens with zero attached hydrogens (tertiary/aromatic N) is 3. The number of carbonyl (C=O) groups excluding carboxylic acids is 1. The van der Waals surface area contributed by atoms with E-state index in [0.29, 0.717) is 5.95 Å². The molecule has 1 aromatic heterocycles. The molecule has 0 saturated carbocycles. The molecule has 0 radical (unpaired) electrons. The Balaban J connectivity index is 1.78. The number of aryl methyl sites for hydroxylation is 3. The van der Waals surface area contributed by atoms with E-state index in [2.05, 4.69) is 15.3 Å². The molecule has 1 atom stereocenters. The number of amides is 1. The van der Waals surface area contributed by atoms with Crippen molar-refractivity contribution in [3.8, 4) is 0 Å².